The number of benzene rings is 3. The summed E-state index contributed by atoms with van der Waals surface area (Å²) >= 11 is 9.29. The molecule has 2 atom stereocenters. The van der Waals surface area contributed by atoms with Gasteiger partial charge in [0, 0.05) is 22.0 Å². The first-order valence-corrected chi connectivity index (χ1v) is 11.0. The van der Waals surface area contributed by atoms with Crippen LogP contribution in [0.4, 0.5) is 4.79 Å². The van der Waals surface area contributed by atoms with Crippen LogP contribution in [0.25, 0.3) is 11.1 Å². The number of aliphatic hydroxyl groups excluding tert-OH is 2. The largest absolute Gasteiger partial charge is 0.449 e. The van der Waals surface area contributed by atoms with Gasteiger partial charge in [0.25, 0.3) is 0 Å². The lowest BCUT2D eigenvalue weighted by Crippen LogP contribution is -2.36. The average molecular weight is 503 g/mol. The number of alkyl carbamates (subject to hydrolysis) is 1. The van der Waals surface area contributed by atoms with Crippen molar-refractivity contribution in [3.8, 4) is 11.1 Å². The minimum atomic E-state index is -1.23. The van der Waals surface area contributed by atoms with E-state index in [4.69, 9.17) is 16.3 Å². The molecule has 0 spiro atoms. The molecule has 160 valence electrons. The zero-order valence-corrected chi connectivity index (χ0v) is 18.8. The van der Waals surface area contributed by atoms with Crippen molar-refractivity contribution in [1.29, 1.82) is 0 Å². The predicted octanol–water partition coefficient (Wildman–Crippen LogP) is 5.04. The maximum Gasteiger partial charge on any atom is 0.407 e. The Morgan fingerprint density at radius 2 is 1.65 bits per heavy atom. The summed E-state index contributed by atoms with van der Waals surface area (Å²) in [4.78, 5) is 12.3. The Balaban J connectivity index is 1.35. The topological polar surface area (TPSA) is 78.8 Å². The molecule has 0 aliphatic heterocycles. The number of rotatable bonds is 6. The second-order valence-corrected chi connectivity index (χ2v) is 8.68. The molecular weight excluding hydrogens is 482 g/mol. The standard InChI is InChI=1S/C24H21BrClNO4/c25-21-10-9-14(26)11-19(21)23(29)22(28)12-27-24(30)31-13-20-17-7-3-1-5-15(17)16-6-2-4-8-18(16)20/h1-11,20,22-23,28-29H,12-13H2,(H,27,30). The molecule has 0 aromatic heterocycles. The van der Waals surface area contributed by atoms with Crippen LogP contribution in [0.1, 0.15) is 28.7 Å². The molecule has 1 aliphatic carbocycles. The highest BCUT2D eigenvalue weighted by atomic mass is 79.9. The van der Waals surface area contributed by atoms with E-state index in [0.717, 1.165) is 22.3 Å². The van der Waals surface area contributed by atoms with E-state index in [0.29, 0.717) is 15.1 Å². The molecule has 2 unspecified atom stereocenters. The highest BCUT2D eigenvalue weighted by molar-refractivity contribution is 9.10. The van der Waals surface area contributed by atoms with Crippen molar-refractivity contribution in [3.63, 3.8) is 0 Å². The van der Waals surface area contributed by atoms with E-state index in [2.05, 4.69) is 33.4 Å². The fourth-order valence-electron chi connectivity index (χ4n) is 3.90. The summed E-state index contributed by atoms with van der Waals surface area (Å²) in [6.07, 6.45) is -3.10. The van der Waals surface area contributed by atoms with E-state index in [9.17, 15) is 15.0 Å². The number of hydrogen-bond donors (Lipinski definition) is 3. The zero-order valence-electron chi connectivity index (χ0n) is 16.5. The number of carbonyl (C=O) groups is 1. The first kappa shape index (κ1) is 21.8. The molecule has 5 nitrogen and oxygen atoms in total. The smallest absolute Gasteiger partial charge is 0.407 e. The number of hydrogen-bond acceptors (Lipinski definition) is 4. The number of fused-ring (bicyclic) bond motifs is 3. The van der Waals surface area contributed by atoms with Gasteiger partial charge in [-0.1, -0.05) is 76.1 Å². The number of carbonyl (C=O) groups excluding carboxylic acids is 1. The van der Waals surface area contributed by atoms with Gasteiger partial charge in [-0.2, -0.15) is 0 Å². The lowest BCUT2D eigenvalue weighted by Gasteiger charge is -2.20. The highest BCUT2D eigenvalue weighted by Crippen LogP contribution is 2.44. The number of ether oxygens (including phenoxy) is 1. The molecule has 4 rings (SSSR count). The van der Waals surface area contributed by atoms with Crippen molar-refractivity contribution in [1.82, 2.24) is 5.32 Å². The molecule has 0 saturated carbocycles. The Morgan fingerprint density at radius 1 is 1.03 bits per heavy atom. The van der Waals surface area contributed by atoms with E-state index in [1.807, 2.05) is 36.4 Å². The Hall–Kier alpha value is -2.38. The normalized spacial score (nSPS) is 14.5. The molecule has 1 aliphatic rings. The fourth-order valence-corrected chi connectivity index (χ4v) is 4.56. The van der Waals surface area contributed by atoms with Crippen LogP contribution in [0.3, 0.4) is 0 Å². The second-order valence-electron chi connectivity index (χ2n) is 7.38. The summed E-state index contributed by atoms with van der Waals surface area (Å²) in [6, 6.07) is 21.1. The van der Waals surface area contributed by atoms with Gasteiger partial charge < -0.3 is 20.3 Å². The minimum Gasteiger partial charge on any atom is -0.449 e. The van der Waals surface area contributed by atoms with Crippen LogP contribution in [0.2, 0.25) is 5.02 Å². The van der Waals surface area contributed by atoms with Gasteiger partial charge in [-0.05, 0) is 46.0 Å². The van der Waals surface area contributed by atoms with E-state index in [-0.39, 0.29) is 19.1 Å². The Labute approximate surface area is 193 Å². The molecule has 7 heteroatoms. The van der Waals surface area contributed by atoms with Gasteiger partial charge in [0.15, 0.2) is 0 Å². The quantitative estimate of drug-likeness (QED) is 0.441. The summed E-state index contributed by atoms with van der Waals surface area (Å²) in [5.74, 6) is -0.0453. The highest BCUT2D eigenvalue weighted by Gasteiger charge is 2.29. The molecule has 3 N–H and O–H groups in total. The van der Waals surface area contributed by atoms with Gasteiger partial charge in [-0.3, -0.25) is 0 Å². The number of halogens is 2. The number of aliphatic hydroxyl groups is 2. The first-order valence-electron chi connectivity index (χ1n) is 9.85. The second kappa shape index (κ2) is 9.40. The van der Waals surface area contributed by atoms with Gasteiger partial charge in [0.2, 0.25) is 0 Å². The van der Waals surface area contributed by atoms with Gasteiger partial charge in [-0.15, -0.1) is 0 Å². The van der Waals surface area contributed by atoms with Gasteiger partial charge in [0.05, 0.1) is 0 Å². The molecule has 0 saturated heterocycles. The lowest BCUT2D eigenvalue weighted by molar-refractivity contribution is 0.0181. The van der Waals surface area contributed by atoms with Crippen molar-refractivity contribution >= 4 is 33.6 Å². The zero-order chi connectivity index (χ0) is 22.0. The molecular formula is C24H21BrClNO4. The van der Waals surface area contributed by atoms with Crippen LogP contribution < -0.4 is 5.32 Å². The molecule has 3 aromatic carbocycles. The average Bonchev–Trinajstić information content (AvgIpc) is 3.11. The van der Waals surface area contributed by atoms with Crippen LogP contribution >= 0.6 is 27.5 Å². The van der Waals surface area contributed by atoms with Crippen LogP contribution in [-0.2, 0) is 4.74 Å². The maximum absolute atomic E-state index is 12.3. The molecule has 0 fully saturated rings. The van der Waals surface area contributed by atoms with Crippen molar-refractivity contribution in [3.05, 3.63) is 92.9 Å². The van der Waals surface area contributed by atoms with E-state index in [1.54, 1.807) is 18.2 Å². The molecule has 1 amide bonds. The fraction of sp³-hybridized carbons (Fsp3) is 0.208. The summed E-state index contributed by atoms with van der Waals surface area (Å²) in [5.41, 5.74) is 4.99. The summed E-state index contributed by atoms with van der Waals surface area (Å²) in [5, 5.41) is 23.6. The number of nitrogens with one attached hydrogen (secondary N) is 1. The van der Waals surface area contributed by atoms with E-state index in [1.165, 1.54) is 0 Å². The maximum atomic E-state index is 12.3. The van der Waals surface area contributed by atoms with Crippen molar-refractivity contribution in [2.45, 2.75) is 18.1 Å². The molecule has 3 aromatic rings. The first-order chi connectivity index (χ1) is 15.0. The lowest BCUT2D eigenvalue weighted by atomic mass is 9.98. The van der Waals surface area contributed by atoms with Gasteiger partial charge in [-0.25, -0.2) is 4.79 Å². The minimum absolute atomic E-state index is 0.0453. The van der Waals surface area contributed by atoms with Crippen LogP contribution in [0.5, 0.6) is 0 Å². The van der Waals surface area contributed by atoms with Crippen molar-refractivity contribution in [2.75, 3.05) is 13.2 Å². The summed E-state index contributed by atoms with van der Waals surface area (Å²) in [7, 11) is 0. The monoisotopic (exact) mass is 501 g/mol. The van der Waals surface area contributed by atoms with Crippen molar-refractivity contribution < 1.29 is 19.7 Å². The van der Waals surface area contributed by atoms with Crippen molar-refractivity contribution in [2.24, 2.45) is 0 Å². The predicted molar refractivity (Wildman–Crippen MR) is 123 cm³/mol. The van der Waals surface area contributed by atoms with Gasteiger partial charge >= 0.3 is 6.09 Å². The van der Waals surface area contributed by atoms with Gasteiger partial charge in [0.1, 0.15) is 18.8 Å². The SMILES string of the molecule is O=C(NCC(O)C(O)c1cc(Cl)ccc1Br)OCC1c2ccccc2-c2ccccc21. The third-order valence-electron chi connectivity index (χ3n) is 5.44. The third kappa shape index (κ3) is 4.62. The third-order valence-corrected chi connectivity index (χ3v) is 6.40. The Morgan fingerprint density at radius 3 is 2.29 bits per heavy atom. The Kier molecular flexibility index (Phi) is 6.62. The van der Waals surface area contributed by atoms with E-state index < -0.39 is 18.3 Å². The van der Waals surface area contributed by atoms with E-state index >= 15 is 0 Å². The molecule has 0 radical (unpaired) electrons. The molecule has 31 heavy (non-hydrogen) atoms. The number of amides is 1. The molecule has 0 heterocycles. The van der Waals surface area contributed by atoms with Crippen LogP contribution in [0.15, 0.2) is 71.2 Å². The Bertz CT molecular complexity index is 1060. The van der Waals surface area contributed by atoms with Crippen LogP contribution in [0, 0.1) is 0 Å². The molecule has 0 bridgehead atoms. The summed E-state index contributed by atoms with van der Waals surface area (Å²) < 4.78 is 6.06. The van der Waals surface area contributed by atoms with Crippen LogP contribution in [-0.4, -0.2) is 35.6 Å². The summed E-state index contributed by atoms with van der Waals surface area (Å²) in [6.45, 7) is 0.00907.